The first-order chi connectivity index (χ1) is 15.0. The Morgan fingerprint density at radius 1 is 0.806 bits per heavy atom. The second-order valence-corrected chi connectivity index (χ2v) is 8.96. The van der Waals surface area contributed by atoms with Crippen molar-refractivity contribution < 1.29 is 9.13 Å². The summed E-state index contributed by atoms with van der Waals surface area (Å²) in [7, 11) is 0. The zero-order valence-electron chi connectivity index (χ0n) is 17.6. The SMILES string of the molecule is CCOC(=N)c1ccc(CSc2cccc(SCc3ccc(C(C)=N)cc3)c2F)cc1. The first kappa shape index (κ1) is 23.1. The molecule has 0 bridgehead atoms. The normalized spacial score (nSPS) is 10.7. The molecule has 0 fully saturated rings. The molecule has 3 aromatic rings. The van der Waals surface area contributed by atoms with Crippen molar-refractivity contribution in [3.63, 3.8) is 0 Å². The summed E-state index contributed by atoms with van der Waals surface area (Å²) in [6.07, 6.45) is 0. The number of rotatable bonds is 9. The fourth-order valence-electron chi connectivity index (χ4n) is 2.87. The molecule has 0 aliphatic carbocycles. The summed E-state index contributed by atoms with van der Waals surface area (Å²) in [6.45, 7) is 4.09. The highest BCUT2D eigenvalue weighted by molar-refractivity contribution is 7.99. The average Bonchev–Trinajstić information content (AvgIpc) is 2.78. The Hall–Kier alpha value is -2.57. The maximum Gasteiger partial charge on any atom is 0.213 e. The molecule has 160 valence electrons. The third-order valence-electron chi connectivity index (χ3n) is 4.61. The predicted molar refractivity (Wildman–Crippen MR) is 129 cm³/mol. The van der Waals surface area contributed by atoms with E-state index in [0.717, 1.165) is 22.3 Å². The van der Waals surface area contributed by atoms with Gasteiger partial charge in [-0.2, -0.15) is 0 Å². The van der Waals surface area contributed by atoms with Crippen LogP contribution >= 0.6 is 23.5 Å². The molecular formula is C25H25FN2OS2. The summed E-state index contributed by atoms with van der Waals surface area (Å²) in [5.74, 6) is 1.31. The average molecular weight is 453 g/mol. The van der Waals surface area contributed by atoms with Gasteiger partial charge in [-0.25, -0.2) is 4.39 Å². The Morgan fingerprint density at radius 3 is 1.74 bits per heavy atom. The van der Waals surface area contributed by atoms with E-state index in [9.17, 15) is 4.39 Å². The van der Waals surface area contributed by atoms with Crippen LogP contribution in [-0.2, 0) is 16.2 Å². The summed E-state index contributed by atoms with van der Waals surface area (Å²) < 4.78 is 20.2. The fraction of sp³-hybridized carbons (Fsp3) is 0.200. The van der Waals surface area contributed by atoms with E-state index in [1.165, 1.54) is 23.5 Å². The molecule has 0 aliphatic rings. The van der Waals surface area contributed by atoms with Crippen LogP contribution in [0.15, 0.2) is 76.5 Å². The van der Waals surface area contributed by atoms with Gasteiger partial charge in [0.1, 0.15) is 5.82 Å². The number of hydrogen-bond acceptors (Lipinski definition) is 5. The number of thioether (sulfide) groups is 2. The molecule has 2 N–H and O–H groups in total. The summed E-state index contributed by atoms with van der Waals surface area (Å²) in [5.41, 5.74) is 4.35. The van der Waals surface area contributed by atoms with Crippen LogP contribution in [0.1, 0.15) is 36.1 Å². The monoisotopic (exact) mass is 452 g/mol. The van der Waals surface area contributed by atoms with Crippen LogP contribution in [0.5, 0.6) is 0 Å². The van der Waals surface area contributed by atoms with Crippen LogP contribution in [-0.4, -0.2) is 18.2 Å². The zero-order chi connectivity index (χ0) is 22.2. The molecule has 0 saturated carbocycles. The van der Waals surface area contributed by atoms with Crippen LogP contribution in [0.3, 0.4) is 0 Å². The van der Waals surface area contributed by atoms with Gasteiger partial charge in [0.2, 0.25) is 5.90 Å². The van der Waals surface area contributed by atoms with Crippen molar-refractivity contribution in [1.29, 1.82) is 10.8 Å². The molecule has 0 saturated heterocycles. The zero-order valence-corrected chi connectivity index (χ0v) is 19.2. The lowest BCUT2D eigenvalue weighted by molar-refractivity contribution is 0.325. The highest BCUT2D eigenvalue weighted by Crippen LogP contribution is 2.33. The maximum absolute atomic E-state index is 15.0. The van der Waals surface area contributed by atoms with Crippen LogP contribution in [0.4, 0.5) is 4.39 Å². The van der Waals surface area contributed by atoms with Gasteiger partial charge >= 0.3 is 0 Å². The minimum Gasteiger partial charge on any atom is -0.478 e. The van der Waals surface area contributed by atoms with Gasteiger partial charge < -0.3 is 10.1 Å². The van der Waals surface area contributed by atoms with Crippen LogP contribution in [0, 0.1) is 16.6 Å². The van der Waals surface area contributed by atoms with Gasteiger partial charge in [-0.05, 0) is 54.8 Å². The van der Waals surface area contributed by atoms with Crippen molar-refractivity contribution >= 4 is 35.1 Å². The second kappa shape index (κ2) is 11.2. The van der Waals surface area contributed by atoms with Gasteiger partial charge in [0.25, 0.3) is 0 Å². The van der Waals surface area contributed by atoms with Crippen molar-refractivity contribution in [1.82, 2.24) is 0 Å². The van der Waals surface area contributed by atoms with Crippen molar-refractivity contribution in [2.75, 3.05) is 6.61 Å². The number of nitrogens with one attached hydrogen (secondary N) is 2. The van der Waals surface area contributed by atoms with E-state index in [2.05, 4.69) is 0 Å². The molecule has 31 heavy (non-hydrogen) atoms. The number of hydrogen-bond donors (Lipinski definition) is 2. The second-order valence-electron chi connectivity index (χ2n) is 6.93. The molecule has 0 amide bonds. The van der Waals surface area contributed by atoms with E-state index in [4.69, 9.17) is 15.6 Å². The van der Waals surface area contributed by atoms with Gasteiger partial charge in [-0.1, -0.05) is 42.5 Å². The Bertz CT molecular complexity index is 1050. The largest absolute Gasteiger partial charge is 0.478 e. The number of halogens is 1. The number of ether oxygens (including phenoxy) is 1. The minimum atomic E-state index is -0.181. The molecule has 3 rings (SSSR count). The fourth-order valence-corrected chi connectivity index (χ4v) is 4.78. The molecule has 6 heteroatoms. The van der Waals surface area contributed by atoms with E-state index < -0.39 is 0 Å². The molecule has 0 spiro atoms. The Balaban J connectivity index is 1.60. The summed E-state index contributed by atoms with van der Waals surface area (Å²) in [5, 5.41) is 15.5. The first-order valence-electron chi connectivity index (χ1n) is 9.97. The van der Waals surface area contributed by atoms with E-state index in [0.29, 0.717) is 33.6 Å². The molecule has 3 nitrogen and oxygen atoms in total. The Morgan fingerprint density at radius 2 is 1.29 bits per heavy atom. The lowest BCUT2D eigenvalue weighted by atomic mass is 10.1. The minimum absolute atomic E-state index is 0.167. The van der Waals surface area contributed by atoms with Crippen molar-refractivity contribution in [3.8, 4) is 0 Å². The van der Waals surface area contributed by atoms with Crippen LogP contribution in [0.2, 0.25) is 0 Å². The lowest BCUT2D eigenvalue weighted by Gasteiger charge is -2.09. The third-order valence-corrected chi connectivity index (χ3v) is 6.82. The van der Waals surface area contributed by atoms with Crippen molar-refractivity contribution in [2.24, 2.45) is 0 Å². The van der Waals surface area contributed by atoms with E-state index in [-0.39, 0.29) is 11.7 Å². The van der Waals surface area contributed by atoms with Crippen molar-refractivity contribution in [3.05, 3.63) is 94.8 Å². The highest BCUT2D eigenvalue weighted by Gasteiger charge is 2.10. The molecule has 0 aromatic heterocycles. The Labute approximate surface area is 191 Å². The van der Waals surface area contributed by atoms with E-state index >= 15 is 0 Å². The molecule has 0 unspecified atom stereocenters. The Kier molecular flexibility index (Phi) is 8.32. The molecule has 0 aliphatic heterocycles. The summed E-state index contributed by atoms with van der Waals surface area (Å²) >= 11 is 2.95. The predicted octanol–water partition coefficient (Wildman–Crippen LogP) is 7.16. The van der Waals surface area contributed by atoms with Crippen LogP contribution < -0.4 is 0 Å². The third kappa shape index (κ3) is 6.45. The smallest absolute Gasteiger partial charge is 0.213 e. The van der Waals surface area contributed by atoms with Crippen molar-refractivity contribution in [2.45, 2.75) is 35.1 Å². The van der Waals surface area contributed by atoms with E-state index in [1.807, 2.05) is 73.7 Å². The summed E-state index contributed by atoms with van der Waals surface area (Å²) in [4.78, 5) is 1.27. The van der Waals surface area contributed by atoms with Gasteiger partial charge in [0, 0.05) is 32.6 Å². The van der Waals surface area contributed by atoms with Gasteiger partial charge in [-0.15, -0.1) is 23.5 Å². The topological polar surface area (TPSA) is 56.9 Å². The van der Waals surface area contributed by atoms with E-state index in [1.54, 1.807) is 6.92 Å². The quantitative estimate of drug-likeness (QED) is 0.206. The molecule has 0 atom stereocenters. The van der Waals surface area contributed by atoms with Crippen LogP contribution in [0.25, 0.3) is 0 Å². The molecular weight excluding hydrogens is 427 g/mol. The standard InChI is InChI=1S/C25H25FN2OS2/c1-3-29-25(28)21-13-9-19(10-14-21)16-31-23-6-4-5-22(24(23)26)30-15-18-7-11-20(12-8-18)17(2)27/h4-14,27-28H,3,15-16H2,1-2H3. The molecule has 3 aromatic carbocycles. The molecule has 0 radical (unpaired) electrons. The first-order valence-corrected chi connectivity index (χ1v) is 11.9. The maximum atomic E-state index is 15.0. The van der Waals surface area contributed by atoms with Gasteiger partial charge in [0.05, 0.1) is 6.61 Å². The van der Waals surface area contributed by atoms with Gasteiger partial charge in [-0.3, -0.25) is 5.41 Å². The lowest BCUT2D eigenvalue weighted by Crippen LogP contribution is -2.04. The van der Waals surface area contributed by atoms with Gasteiger partial charge in [0.15, 0.2) is 0 Å². The molecule has 0 heterocycles. The summed E-state index contributed by atoms with van der Waals surface area (Å²) in [6, 6.07) is 21.0. The number of benzene rings is 3. The highest BCUT2D eigenvalue weighted by atomic mass is 32.2.